The molecular formula is C18H24N4OS2. The number of rotatable bonds is 5. The third-order valence-corrected chi connectivity index (χ3v) is 6.54. The first kappa shape index (κ1) is 18.2. The summed E-state index contributed by atoms with van der Waals surface area (Å²) in [5.74, 6) is 1.25. The molecule has 7 heteroatoms. The minimum atomic E-state index is 0.204. The number of nitrogens with zero attached hydrogens (tertiary/aromatic N) is 3. The van der Waals surface area contributed by atoms with Gasteiger partial charge in [-0.3, -0.25) is 4.79 Å². The lowest BCUT2D eigenvalue weighted by molar-refractivity contribution is -0.130. The lowest BCUT2D eigenvalue weighted by Crippen LogP contribution is -2.40. The van der Waals surface area contributed by atoms with Crippen LogP contribution in [0.15, 0.2) is 22.5 Å². The van der Waals surface area contributed by atoms with Crippen LogP contribution in [0.5, 0.6) is 0 Å². The lowest BCUT2D eigenvalue weighted by atomic mass is 10.0. The van der Waals surface area contributed by atoms with Crippen LogP contribution in [0.2, 0.25) is 0 Å². The van der Waals surface area contributed by atoms with Gasteiger partial charge in [-0.2, -0.15) is 0 Å². The van der Waals surface area contributed by atoms with Crippen molar-refractivity contribution in [3.8, 4) is 0 Å². The van der Waals surface area contributed by atoms with Crippen molar-refractivity contribution in [3.05, 3.63) is 29.3 Å². The number of hydrogen-bond donors (Lipinski definition) is 1. The summed E-state index contributed by atoms with van der Waals surface area (Å²) in [6.45, 7) is 8.17. The van der Waals surface area contributed by atoms with Gasteiger partial charge in [0.2, 0.25) is 11.0 Å². The number of thioether (sulfide) groups is 1. The van der Waals surface area contributed by atoms with Gasteiger partial charge in [-0.1, -0.05) is 42.2 Å². The van der Waals surface area contributed by atoms with Crippen LogP contribution in [0.4, 0.5) is 10.8 Å². The van der Waals surface area contributed by atoms with Crippen molar-refractivity contribution in [3.63, 3.8) is 0 Å². The van der Waals surface area contributed by atoms with E-state index in [4.69, 9.17) is 0 Å². The molecule has 1 fully saturated rings. The highest BCUT2D eigenvalue weighted by Crippen LogP contribution is 2.29. The second-order valence-electron chi connectivity index (χ2n) is 6.62. The Morgan fingerprint density at radius 3 is 3.04 bits per heavy atom. The van der Waals surface area contributed by atoms with E-state index in [0.717, 1.165) is 34.7 Å². The normalized spacial score (nSPS) is 17.6. The van der Waals surface area contributed by atoms with Gasteiger partial charge in [0.15, 0.2) is 4.34 Å². The van der Waals surface area contributed by atoms with E-state index in [-0.39, 0.29) is 5.91 Å². The van der Waals surface area contributed by atoms with Crippen molar-refractivity contribution in [2.45, 2.75) is 38.0 Å². The number of hydrogen-bond acceptors (Lipinski definition) is 6. The van der Waals surface area contributed by atoms with Gasteiger partial charge in [0.25, 0.3) is 0 Å². The number of aryl methyl sites for hydroxylation is 1. The van der Waals surface area contributed by atoms with Crippen molar-refractivity contribution in [2.75, 3.05) is 24.2 Å². The first-order valence-corrected chi connectivity index (χ1v) is 10.4. The van der Waals surface area contributed by atoms with E-state index in [2.05, 4.69) is 42.4 Å². The molecule has 1 N–H and O–H groups in total. The van der Waals surface area contributed by atoms with E-state index in [9.17, 15) is 4.79 Å². The quantitative estimate of drug-likeness (QED) is 0.791. The summed E-state index contributed by atoms with van der Waals surface area (Å²) in [4.78, 5) is 14.3. The van der Waals surface area contributed by atoms with Crippen LogP contribution in [0.1, 0.15) is 30.9 Å². The predicted octanol–water partition coefficient (Wildman–Crippen LogP) is 4.25. The molecule has 0 aliphatic carbocycles. The molecule has 1 aliphatic rings. The van der Waals surface area contributed by atoms with E-state index in [1.54, 1.807) is 0 Å². The molecule has 1 amide bonds. The third-order valence-electron chi connectivity index (χ3n) is 4.58. The summed E-state index contributed by atoms with van der Waals surface area (Å²) in [5, 5.41) is 12.5. The number of carbonyl (C=O) groups is 1. The third kappa shape index (κ3) is 4.73. The van der Waals surface area contributed by atoms with Crippen molar-refractivity contribution in [1.82, 2.24) is 15.1 Å². The van der Waals surface area contributed by atoms with E-state index in [1.165, 1.54) is 40.6 Å². The fraction of sp³-hybridized carbons (Fsp3) is 0.500. The smallest absolute Gasteiger partial charge is 0.233 e. The molecule has 3 rings (SSSR count). The predicted molar refractivity (Wildman–Crippen MR) is 105 cm³/mol. The number of likely N-dealkylation sites (tertiary alicyclic amines) is 1. The fourth-order valence-electron chi connectivity index (χ4n) is 2.95. The molecular weight excluding hydrogens is 352 g/mol. The van der Waals surface area contributed by atoms with Crippen LogP contribution in [-0.4, -0.2) is 39.8 Å². The molecule has 25 heavy (non-hydrogen) atoms. The molecule has 0 unspecified atom stereocenters. The van der Waals surface area contributed by atoms with Crippen LogP contribution < -0.4 is 5.32 Å². The van der Waals surface area contributed by atoms with Gasteiger partial charge < -0.3 is 10.2 Å². The molecule has 5 nitrogen and oxygen atoms in total. The van der Waals surface area contributed by atoms with Crippen molar-refractivity contribution in [2.24, 2.45) is 5.92 Å². The largest absolute Gasteiger partial charge is 0.342 e. The van der Waals surface area contributed by atoms with E-state index in [0.29, 0.717) is 11.7 Å². The fourth-order valence-corrected chi connectivity index (χ4v) is 4.62. The lowest BCUT2D eigenvalue weighted by Gasteiger charge is -2.30. The summed E-state index contributed by atoms with van der Waals surface area (Å²) in [6, 6.07) is 6.16. The van der Waals surface area contributed by atoms with Gasteiger partial charge in [-0.05, 0) is 49.8 Å². The SMILES string of the molecule is Cc1cccc(Nc2nnc(SCC(=O)N3CCC[C@@H](C)C3)s2)c1C. The van der Waals surface area contributed by atoms with Crippen LogP contribution in [0.25, 0.3) is 0 Å². The second kappa shape index (κ2) is 8.19. The number of nitrogens with one attached hydrogen (secondary N) is 1. The van der Waals surface area contributed by atoms with Crippen LogP contribution in [-0.2, 0) is 4.79 Å². The van der Waals surface area contributed by atoms with Gasteiger partial charge in [-0.15, -0.1) is 10.2 Å². The summed E-state index contributed by atoms with van der Waals surface area (Å²) >= 11 is 2.97. The summed E-state index contributed by atoms with van der Waals surface area (Å²) in [6.07, 6.45) is 2.33. The second-order valence-corrected chi connectivity index (χ2v) is 8.82. The van der Waals surface area contributed by atoms with Crippen molar-refractivity contribution < 1.29 is 4.79 Å². The standard InChI is InChI=1S/C18H24N4OS2/c1-12-6-5-9-22(10-12)16(23)11-24-18-21-20-17(25-18)19-15-8-4-7-13(2)14(15)3/h4,7-8,12H,5-6,9-11H2,1-3H3,(H,19,20)/t12-/m1/s1. The number of piperidine rings is 1. The Labute approximate surface area is 157 Å². The van der Waals surface area contributed by atoms with Crippen molar-refractivity contribution in [1.29, 1.82) is 0 Å². The minimum absolute atomic E-state index is 0.204. The molecule has 1 aromatic carbocycles. The first-order valence-electron chi connectivity index (χ1n) is 8.60. The Morgan fingerprint density at radius 2 is 2.24 bits per heavy atom. The zero-order valence-corrected chi connectivity index (χ0v) is 16.5. The highest BCUT2D eigenvalue weighted by molar-refractivity contribution is 8.01. The number of aromatic nitrogens is 2. The Hall–Kier alpha value is -1.60. The van der Waals surface area contributed by atoms with Crippen molar-refractivity contribution >= 4 is 39.8 Å². The van der Waals surface area contributed by atoms with Gasteiger partial charge in [0.05, 0.1) is 5.75 Å². The number of carbonyl (C=O) groups excluding carboxylic acids is 1. The molecule has 1 aliphatic heterocycles. The first-order chi connectivity index (χ1) is 12.0. The summed E-state index contributed by atoms with van der Waals surface area (Å²) in [5.41, 5.74) is 3.50. The molecule has 134 valence electrons. The minimum Gasteiger partial charge on any atom is -0.342 e. The Bertz CT molecular complexity index is 746. The molecule has 1 saturated heterocycles. The van der Waals surface area contributed by atoms with Gasteiger partial charge >= 0.3 is 0 Å². The maximum absolute atomic E-state index is 12.3. The number of amides is 1. The molecule has 0 spiro atoms. The van der Waals surface area contributed by atoms with Gasteiger partial charge in [0.1, 0.15) is 0 Å². The average molecular weight is 377 g/mol. The molecule has 0 radical (unpaired) electrons. The zero-order valence-electron chi connectivity index (χ0n) is 14.9. The van der Waals surface area contributed by atoms with Gasteiger partial charge in [-0.25, -0.2) is 0 Å². The Morgan fingerprint density at radius 1 is 1.40 bits per heavy atom. The summed E-state index contributed by atoms with van der Waals surface area (Å²) in [7, 11) is 0. The topological polar surface area (TPSA) is 58.1 Å². The van der Waals surface area contributed by atoms with Crippen LogP contribution in [0.3, 0.4) is 0 Å². The molecule has 2 aromatic rings. The monoisotopic (exact) mass is 376 g/mol. The van der Waals surface area contributed by atoms with Gasteiger partial charge in [0, 0.05) is 18.8 Å². The Balaban J connectivity index is 1.55. The average Bonchev–Trinajstić information content (AvgIpc) is 3.04. The maximum atomic E-state index is 12.3. The molecule has 1 aromatic heterocycles. The highest BCUT2D eigenvalue weighted by Gasteiger charge is 2.21. The Kier molecular flexibility index (Phi) is 5.96. The molecule has 2 heterocycles. The highest BCUT2D eigenvalue weighted by atomic mass is 32.2. The van der Waals surface area contributed by atoms with Crippen LogP contribution in [0, 0.1) is 19.8 Å². The number of anilines is 2. The zero-order chi connectivity index (χ0) is 17.8. The maximum Gasteiger partial charge on any atom is 0.233 e. The number of benzene rings is 1. The van der Waals surface area contributed by atoms with Crippen LogP contribution >= 0.6 is 23.1 Å². The van der Waals surface area contributed by atoms with E-state index < -0.39 is 0 Å². The molecule has 1 atom stereocenters. The molecule has 0 bridgehead atoms. The van der Waals surface area contributed by atoms with E-state index >= 15 is 0 Å². The molecule has 0 saturated carbocycles. The summed E-state index contributed by atoms with van der Waals surface area (Å²) < 4.78 is 0.825. The van der Waals surface area contributed by atoms with E-state index in [1.807, 2.05) is 17.0 Å².